The van der Waals surface area contributed by atoms with Crippen LogP contribution in [0.5, 0.6) is 0 Å². The number of nitrogens with zero attached hydrogens (tertiary/aromatic N) is 3. The molecule has 1 aromatic carbocycles. The number of pyridine rings is 1. The molecule has 1 saturated carbocycles. The van der Waals surface area contributed by atoms with E-state index in [4.69, 9.17) is 0 Å². The molecule has 1 aromatic heterocycles. The predicted molar refractivity (Wildman–Crippen MR) is 87.9 cm³/mol. The Balaban J connectivity index is 1.73. The summed E-state index contributed by atoms with van der Waals surface area (Å²) in [6, 6.07) is 5.25. The van der Waals surface area contributed by atoms with Gasteiger partial charge >= 0.3 is 0 Å². The Labute approximate surface area is 139 Å². The van der Waals surface area contributed by atoms with Crippen LogP contribution in [0.15, 0.2) is 18.3 Å². The molecule has 1 atom stereocenters. The molecule has 2 fully saturated rings. The van der Waals surface area contributed by atoms with Crippen molar-refractivity contribution in [2.24, 2.45) is 0 Å². The van der Waals surface area contributed by atoms with Crippen LogP contribution in [0.4, 0.5) is 10.1 Å². The summed E-state index contributed by atoms with van der Waals surface area (Å²) in [4.78, 5) is 18.3. The Morgan fingerprint density at radius 3 is 2.92 bits per heavy atom. The fourth-order valence-electron chi connectivity index (χ4n) is 3.45. The first-order valence-electron chi connectivity index (χ1n) is 8.12. The number of hydrogen-bond donors (Lipinski definition) is 1. The normalized spacial score (nSPS) is 20.5. The summed E-state index contributed by atoms with van der Waals surface area (Å²) >= 11 is 0. The Bertz CT molecular complexity index is 885. The summed E-state index contributed by atoms with van der Waals surface area (Å²) in [5.74, 6) is -0.212. The molecule has 2 aliphatic rings. The highest BCUT2D eigenvalue weighted by atomic mass is 19.1. The molecule has 0 bridgehead atoms. The molecule has 1 aliphatic heterocycles. The van der Waals surface area contributed by atoms with Crippen molar-refractivity contribution >= 4 is 22.5 Å². The number of aromatic nitrogens is 1. The number of anilines is 1. The van der Waals surface area contributed by atoms with Gasteiger partial charge in [-0.2, -0.15) is 5.26 Å². The summed E-state index contributed by atoms with van der Waals surface area (Å²) in [6.45, 7) is 2.43. The van der Waals surface area contributed by atoms with Crippen molar-refractivity contribution in [1.82, 2.24) is 9.88 Å². The van der Waals surface area contributed by atoms with Gasteiger partial charge in [0.05, 0.1) is 22.8 Å². The highest BCUT2D eigenvalue weighted by molar-refractivity contribution is 5.96. The molecule has 2 aromatic rings. The first kappa shape index (κ1) is 14.9. The standard InChI is InChI=1S/C18H17FN4O/c1-10-4-12(19)5-15-17(10)21-8-11(7-20)18(15)22-13-6-16(24)23(9-13)14-2-3-14/h4-5,8,13-14H,2-3,6,9H2,1H3,(H,21,22). The van der Waals surface area contributed by atoms with Gasteiger partial charge in [0.15, 0.2) is 0 Å². The zero-order valence-electron chi connectivity index (χ0n) is 13.3. The lowest BCUT2D eigenvalue weighted by Crippen LogP contribution is -2.30. The van der Waals surface area contributed by atoms with Crippen molar-refractivity contribution in [2.45, 2.75) is 38.3 Å². The number of amides is 1. The van der Waals surface area contributed by atoms with Crippen LogP contribution in [0.2, 0.25) is 0 Å². The summed E-state index contributed by atoms with van der Waals surface area (Å²) in [5, 5.41) is 13.3. The Kier molecular flexibility index (Phi) is 3.38. The number of rotatable bonds is 3. The maximum absolute atomic E-state index is 13.9. The van der Waals surface area contributed by atoms with Crippen LogP contribution < -0.4 is 5.32 Å². The van der Waals surface area contributed by atoms with E-state index in [-0.39, 0.29) is 17.8 Å². The van der Waals surface area contributed by atoms with E-state index < -0.39 is 0 Å². The third kappa shape index (κ3) is 2.46. The van der Waals surface area contributed by atoms with Crippen molar-refractivity contribution in [1.29, 1.82) is 5.26 Å². The molecule has 6 heteroatoms. The second kappa shape index (κ2) is 5.45. The first-order chi connectivity index (χ1) is 11.6. The molecule has 0 radical (unpaired) electrons. The van der Waals surface area contributed by atoms with Gasteiger partial charge in [0.1, 0.15) is 11.9 Å². The van der Waals surface area contributed by atoms with Gasteiger partial charge in [0.2, 0.25) is 5.91 Å². The van der Waals surface area contributed by atoms with Gasteiger partial charge in [-0.05, 0) is 37.5 Å². The van der Waals surface area contributed by atoms with Crippen LogP contribution in [0.3, 0.4) is 0 Å². The average Bonchev–Trinajstić information content (AvgIpc) is 3.31. The van der Waals surface area contributed by atoms with Gasteiger partial charge in [0.25, 0.3) is 0 Å². The van der Waals surface area contributed by atoms with E-state index in [2.05, 4.69) is 16.4 Å². The minimum atomic E-state index is -0.359. The van der Waals surface area contributed by atoms with Crippen LogP contribution in [0, 0.1) is 24.1 Å². The number of nitriles is 1. The van der Waals surface area contributed by atoms with E-state index in [0.29, 0.717) is 41.2 Å². The molecular weight excluding hydrogens is 307 g/mol. The van der Waals surface area contributed by atoms with Gasteiger partial charge in [-0.1, -0.05) is 0 Å². The number of benzene rings is 1. The molecule has 1 unspecified atom stereocenters. The molecule has 1 aliphatic carbocycles. The highest BCUT2D eigenvalue weighted by Crippen LogP contribution is 2.34. The number of carbonyl (C=O) groups excluding carboxylic acids is 1. The zero-order chi connectivity index (χ0) is 16.8. The first-order valence-corrected chi connectivity index (χ1v) is 8.12. The molecule has 0 spiro atoms. The molecule has 1 N–H and O–H groups in total. The minimum Gasteiger partial charge on any atom is -0.378 e. The van der Waals surface area contributed by atoms with E-state index in [1.165, 1.54) is 18.3 Å². The molecule has 2 heterocycles. The number of hydrogen-bond acceptors (Lipinski definition) is 4. The maximum Gasteiger partial charge on any atom is 0.225 e. The summed E-state index contributed by atoms with van der Waals surface area (Å²) < 4.78 is 13.9. The second-order valence-corrected chi connectivity index (χ2v) is 6.60. The Hall–Kier alpha value is -2.68. The lowest BCUT2D eigenvalue weighted by molar-refractivity contribution is -0.128. The number of aryl methyl sites for hydroxylation is 1. The number of nitrogens with one attached hydrogen (secondary N) is 1. The maximum atomic E-state index is 13.9. The van der Waals surface area contributed by atoms with Crippen LogP contribution in [0.25, 0.3) is 10.9 Å². The largest absolute Gasteiger partial charge is 0.378 e. The van der Waals surface area contributed by atoms with Gasteiger partial charge < -0.3 is 10.2 Å². The zero-order valence-corrected chi connectivity index (χ0v) is 13.3. The van der Waals surface area contributed by atoms with Crippen LogP contribution in [-0.2, 0) is 4.79 Å². The van der Waals surface area contributed by atoms with Crippen molar-refractivity contribution in [3.8, 4) is 6.07 Å². The fourth-order valence-corrected chi connectivity index (χ4v) is 3.45. The average molecular weight is 324 g/mol. The monoisotopic (exact) mass is 324 g/mol. The smallest absolute Gasteiger partial charge is 0.225 e. The topological polar surface area (TPSA) is 69.0 Å². The van der Waals surface area contributed by atoms with E-state index in [1.807, 2.05) is 4.90 Å². The van der Waals surface area contributed by atoms with Crippen molar-refractivity contribution in [3.05, 3.63) is 35.3 Å². The molecule has 122 valence electrons. The van der Waals surface area contributed by atoms with Gasteiger partial charge in [-0.25, -0.2) is 4.39 Å². The quantitative estimate of drug-likeness (QED) is 0.942. The van der Waals surface area contributed by atoms with Crippen molar-refractivity contribution in [3.63, 3.8) is 0 Å². The number of halogens is 1. The van der Waals surface area contributed by atoms with E-state index in [0.717, 1.165) is 18.4 Å². The molecule has 4 rings (SSSR count). The van der Waals surface area contributed by atoms with Crippen LogP contribution in [-0.4, -0.2) is 34.4 Å². The van der Waals surface area contributed by atoms with E-state index in [1.54, 1.807) is 6.92 Å². The molecular formula is C18H17FN4O. The van der Waals surface area contributed by atoms with Gasteiger partial charge in [-0.15, -0.1) is 0 Å². The van der Waals surface area contributed by atoms with Gasteiger partial charge in [0, 0.05) is 30.6 Å². The number of likely N-dealkylation sites (tertiary alicyclic amines) is 1. The second-order valence-electron chi connectivity index (χ2n) is 6.60. The third-order valence-corrected chi connectivity index (χ3v) is 4.74. The summed E-state index contributed by atoms with van der Waals surface area (Å²) in [6.07, 6.45) is 4.06. The molecule has 1 saturated heterocycles. The number of carbonyl (C=O) groups is 1. The van der Waals surface area contributed by atoms with E-state index >= 15 is 0 Å². The van der Waals surface area contributed by atoms with E-state index in [9.17, 15) is 14.4 Å². The minimum absolute atomic E-state index is 0.0700. The highest BCUT2D eigenvalue weighted by Gasteiger charge is 2.39. The number of fused-ring (bicyclic) bond motifs is 1. The van der Waals surface area contributed by atoms with Crippen LogP contribution in [0.1, 0.15) is 30.4 Å². The lowest BCUT2D eigenvalue weighted by Gasteiger charge is -2.19. The van der Waals surface area contributed by atoms with Crippen LogP contribution >= 0.6 is 0 Å². The lowest BCUT2D eigenvalue weighted by atomic mass is 10.1. The fraction of sp³-hybridized carbons (Fsp3) is 0.389. The molecule has 24 heavy (non-hydrogen) atoms. The Morgan fingerprint density at radius 1 is 1.42 bits per heavy atom. The Morgan fingerprint density at radius 2 is 2.21 bits per heavy atom. The SMILES string of the molecule is Cc1cc(F)cc2c(NC3CC(=O)N(C4CC4)C3)c(C#N)cnc12. The van der Waals surface area contributed by atoms with Crippen molar-refractivity contribution < 1.29 is 9.18 Å². The van der Waals surface area contributed by atoms with Crippen molar-refractivity contribution in [2.75, 3.05) is 11.9 Å². The summed E-state index contributed by atoms with van der Waals surface area (Å²) in [7, 11) is 0. The third-order valence-electron chi connectivity index (χ3n) is 4.74. The molecule has 5 nitrogen and oxygen atoms in total. The van der Waals surface area contributed by atoms with Gasteiger partial charge in [-0.3, -0.25) is 9.78 Å². The summed E-state index contributed by atoms with van der Waals surface area (Å²) in [5.41, 5.74) is 2.33. The predicted octanol–water partition coefficient (Wildman–Crippen LogP) is 2.73. The molecule has 1 amide bonds.